The smallest absolute Gasteiger partial charge is 0.422 e. The number of anilines is 1. The number of ether oxygens (including phenoxy) is 4. The second kappa shape index (κ2) is 13.2. The maximum atomic E-state index is 17.0. The lowest BCUT2D eigenvalue weighted by Gasteiger charge is -2.42. The number of fused-ring (bicyclic) bond motifs is 4. The number of methoxy groups -OCH3 is 1. The van der Waals surface area contributed by atoms with E-state index in [2.05, 4.69) is 9.97 Å². The first-order valence-electron chi connectivity index (χ1n) is 15.6. The molecule has 3 heterocycles. The molecule has 3 aromatic carbocycles. The van der Waals surface area contributed by atoms with E-state index in [0.717, 1.165) is 24.3 Å². The largest absolute Gasteiger partial charge is 0.468 e. The van der Waals surface area contributed by atoms with Crippen LogP contribution >= 0.6 is 0 Å². The van der Waals surface area contributed by atoms with Gasteiger partial charge >= 0.3 is 18.3 Å². The maximum Gasteiger partial charge on any atom is 0.422 e. The number of hydrogen-bond donors (Lipinski definition) is 0. The molecule has 1 aromatic heterocycles. The van der Waals surface area contributed by atoms with Crippen molar-refractivity contribution in [3.8, 4) is 22.9 Å². The number of aromatic nitrogens is 2. The lowest BCUT2D eigenvalue weighted by Crippen LogP contribution is -2.57. The summed E-state index contributed by atoms with van der Waals surface area (Å²) < 4.78 is 107. The minimum absolute atomic E-state index is 0.0118. The summed E-state index contributed by atoms with van der Waals surface area (Å²) in [7, 11) is 1.31. The van der Waals surface area contributed by atoms with Crippen LogP contribution in [0, 0.1) is 27.6 Å². The number of carbonyl (C=O) groups is 1. The zero-order chi connectivity index (χ0) is 37.0. The van der Waals surface area contributed by atoms with E-state index in [1.54, 1.807) is 30.6 Å². The molecule has 4 aromatic rings. The Balaban J connectivity index is 1.56. The standard InChI is InChI=1S/C33H31F6N5O7/c1-32(2,3)51-31(45)43-17-6-7-18(43)13-42(12-17)29-21-11-23(44(46)47)25(27(36)28(21)40-30(41-29)49-14-33(37,38)39)20-10-19(50-15-48-4)9-16-5-8-22(34)26(35)24(16)20/h5,8-11,17-18H,6-7,12-15H2,1-4H3/t17-,18+. The van der Waals surface area contributed by atoms with Crippen molar-refractivity contribution in [3.63, 3.8) is 0 Å². The number of carbonyl (C=O) groups excluding carboxylic acids is 1. The molecule has 2 aliphatic heterocycles. The molecule has 0 unspecified atom stereocenters. The summed E-state index contributed by atoms with van der Waals surface area (Å²) in [5.74, 6) is -4.44. The second-order valence-electron chi connectivity index (χ2n) is 13.1. The third-order valence-electron chi connectivity index (χ3n) is 8.41. The highest BCUT2D eigenvalue weighted by Crippen LogP contribution is 2.45. The predicted molar refractivity (Wildman–Crippen MR) is 170 cm³/mol. The van der Waals surface area contributed by atoms with Crippen LogP contribution in [-0.4, -0.2) is 83.3 Å². The van der Waals surface area contributed by atoms with Crippen LogP contribution in [0.2, 0.25) is 0 Å². The average molecular weight is 724 g/mol. The zero-order valence-electron chi connectivity index (χ0n) is 27.6. The van der Waals surface area contributed by atoms with Gasteiger partial charge in [-0.3, -0.25) is 15.0 Å². The number of amides is 1. The molecule has 2 aliphatic rings. The van der Waals surface area contributed by atoms with E-state index >= 15 is 8.78 Å². The van der Waals surface area contributed by atoms with Crippen molar-refractivity contribution >= 4 is 39.3 Å². The van der Waals surface area contributed by atoms with Crippen LogP contribution < -0.4 is 14.4 Å². The molecule has 272 valence electrons. The lowest BCUT2D eigenvalue weighted by atomic mass is 9.94. The Labute approximate surface area is 286 Å². The molecule has 0 saturated carbocycles. The number of benzene rings is 3. The first-order valence-corrected chi connectivity index (χ1v) is 15.6. The van der Waals surface area contributed by atoms with E-state index in [9.17, 15) is 32.5 Å². The van der Waals surface area contributed by atoms with Gasteiger partial charge in [0.15, 0.2) is 30.9 Å². The summed E-state index contributed by atoms with van der Waals surface area (Å²) in [5.41, 5.74) is -3.72. The summed E-state index contributed by atoms with van der Waals surface area (Å²) in [6, 6.07) is 3.46. The highest BCUT2D eigenvalue weighted by atomic mass is 19.4. The number of hydrogen-bond acceptors (Lipinski definition) is 10. The third kappa shape index (κ3) is 7.09. The molecular weight excluding hydrogens is 692 g/mol. The van der Waals surface area contributed by atoms with E-state index in [4.69, 9.17) is 18.9 Å². The molecule has 0 N–H and O–H groups in total. The Kier molecular flexibility index (Phi) is 9.24. The molecule has 2 saturated heterocycles. The Hall–Kier alpha value is -5.13. The number of halogens is 6. The van der Waals surface area contributed by atoms with Gasteiger partial charge in [0.2, 0.25) is 0 Å². The molecule has 6 rings (SSSR count). The summed E-state index contributed by atoms with van der Waals surface area (Å²) in [5, 5.41) is 11.8. The van der Waals surface area contributed by atoms with Crippen LogP contribution in [0.3, 0.4) is 0 Å². The molecular formula is C33H31F6N5O7. The van der Waals surface area contributed by atoms with Crippen molar-refractivity contribution in [2.75, 3.05) is 38.5 Å². The molecule has 12 nitrogen and oxygen atoms in total. The molecule has 1 amide bonds. The first kappa shape index (κ1) is 35.7. The number of piperazine rings is 1. The van der Waals surface area contributed by atoms with Crippen LogP contribution in [0.15, 0.2) is 30.3 Å². The molecule has 2 fully saturated rings. The number of nitro groups is 1. The first-order chi connectivity index (χ1) is 24.0. The molecule has 0 radical (unpaired) electrons. The van der Waals surface area contributed by atoms with Gasteiger partial charge in [0, 0.05) is 37.2 Å². The number of nitro benzene ring substituents is 1. The van der Waals surface area contributed by atoms with Crippen LogP contribution in [0.5, 0.6) is 11.8 Å². The summed E-state index contributed by atoms with van der Waals surface area (Å²) >= 11 is 0. The summed E-state index contributed by atoms with van der Waals surface area (Å²) in [6.45, 7) is 3.10. The molecule has 51 heavy (non-hydrogen) atoms. The molecule has 0 aliphatic carbocycles. The van der Waals surface area contributed by atoms with E-state index in [0.29, 0.717) is 12.8 Å². The molecule has 2 bridgehead atoms. The van der Waals surface area contributed by atoms with E-state index in [1.165, 1.54) is 13.2 Å². The quantitative estimate of drug-likeness (QED) is 0.0791. The Morgan fingerprint density at radius 3 is 2.29 bits per heavy atom. The normalized spacial score (nSPS) is 17.7. The minimum Gasteiger partial charge on any atom is -0.468 e. The molecule has 18 heteroatoms. The fraction of sp³-hybridized carbons (Fsp3) is 0.424. The van der Waals surface area contributed by atoms with E-state index in [-0.39, 0.29) is 42.2 Å². The SMILES string of the molecule is COCOc1cc(-c2c([N+](=O)[O-])cc3c(N4C[C@H]5CC[C@@H](C4)N5C(=O)OC(C)(C)C)nc(OCC(F)(F)F)nc3c2F)c2c(F)c(F)ccc2c1. The van der Waals surface area contributed by atoms with Crippen LogP contribution in [0.4, 0.5) is 42.6 Å². The van der Waals surface area contributed by atoms with Crippen molar-refractivity contribution in [2.24, 2.45) is 0 Å². The van der Waals surface area contributed by atoms with Crippen molar-refractivity contribution in [1.29, 1.82) is 0 Å². The van der Waals surface area contributed by atoms with Gasteiger partial charge in [0.1, 0.15) is 22.7 Å². The van der Waals surface area contributed by atoms with Crippen molar-refractivity contribution in [3.05, 3.63) is 57.9 Å². The Morgan fingerprint density at radius 2 is 1.69 bits per heavy atom. The van der Waals surface area contributed by atoms with Gasteiger partial charge in [0.05, 0.1) is 28.0 Å². The van der Waals surface area contributed by atoms with Crippen LogP contribution in [0.1, 0.15) is 33.6 Å². The van der Waals surface area contributed by atoms with Crippen LogP contribution in [0.25, 0.3) is 32.8 Å². The van der Waals surface area contributed by atoms with E-state index < -0.39 is 92.7 Å². The Bertz CT molecular complexity index is 2030. The van der Waals surface area contributed by atoms with Gasteiger partial charge in [-0.1, -0.05) is 6.07 Å². The molecule has 0 spiro atoms. The van der Waals surface area contributed by atoms with Crippen molar-refractivity contribution < 1.29 is 55.0 Å². The maximum absolute atomic E-state index is 17.0. The predicted octanol–water partition coefficient (Wildman–Crippen LogP) is 7.29. The van der Waals surface area contributed by atoms with Crippen molar-refractivity contribution in [1.82, 2.24) is 14.9 Å². The highest BCUT2D eigenvalue weighted by molar-refractivity contribution is 6.04. The van der Waals surface area contributed by atoms with Crippen molar-refractivity contribution in [2.45, 2.75) is 57.5 Å². The van der Waals surface area contributed by atoms with Gasteiger partial charge in [-0.05, 0) is 57.2 Å². The fourth-order valence-electron chi connectivity index (χ4n) is 6.49. The fourth-order valence-corrected chi connectivity index (χ4v) is 6.49. The van der Waals surface area contributed by atoms with Gasteiger partial charge in [-0.15, -0.1) is 0 Å². The minimum atomic E-state index is -4.83. The monoisotopic (exact) mass is 723 g/mol. The third-order valence-corrected chi connectivity index (χ3v) is 8.41. The second-order valence-corrected chi connectivity index (χ2v) is 13.1. The lowest BCUT2D eigenvalue weighted by molar-refractivity contribution is -0.384. The van der Waals surface area contributed by atoms with Crippen LogP contribution in [-0.2, 0) is 9.47 Å². The topological polar surface area (TPSA) is 129 Å². The van der Waals surface area contributed by atoms with Gasteiger partial charge in [0.25, 0.3) is 5.69 Å². The number of rotatable bonds is 8. The highest BCUT2D eigenvalue weighted by Gasteiger charge is 2.45. The zero-order valence-corrected chi connectivity index (χ0v) is 27.6. The van der Waals surface area contributed by atoms with E-state index in [1.807, 2.05) is 0 Å². The number of alkyl halides is 3. The van der Waals surface area contributed by atoms with Gasteiger partial charge in [-0.2, -0.15) is 23.1 Å². The Morgan fingerprint density at radius 1 is 1.00 bits per heavy atom. The summed E-state index contributed by atoms with van der Waals surface area (Å²) in [6.07, 6.45) is -4.32. The average Bonchev–Trinajstić information content (AvgIpc) is 3.32. The van der Waals surface area contributed by atoms with Gasteiger partial charge in [-0.25, -0.2) is 18.0 Å². The summed E-state index contributed by atoms with van der Waals surface area (Å²) in [4.78, 5) is 35.9. The number of nitrogens with zero attached hydrogens (tertiary/aromatic N) is 5. The van der Waals surface area contributed by atoms with Gasteiger partial charge < -0.3 is 23.8 Å². The molecule has 2 atom stereocenters.